The maximum atomic E-state index is 9.00. The molecule has 0 aliphatic carbocycles. The number of carboxylic acids is 1. The van der Waals surface area contributed by atoms with E-state index >= 15 is 0 Å². The molecule has 1 fully saturated rings. The molecule has 2 nitrogen and oxygen atoms in total. The van der Waals surface area contributed by atoms with Gasteiger partial charge in [0.25, 0.3) is 5.97 Å². The highest BCUT2D eigenvalue weighted by Crippen LogP contribution is 2.15. The summed E-state index contributed by atoms with van der Waals surface area (Å²) in [6, 6.07) is 0. The van der Waals surface area contributed by atoms with E-state index in [-0.39, 0.29) is 0 Å². The molecule has 0 bridgehead atoms. The molecule has 0 saturated carbocycles. The summed E-state index contributed by atoms with van der Waals surface area (Å²) in [5, 5.41) is 7.42. The lowest BCUT2D eigenvalue weighted by Gasteiger charge is -1.94. The van der Waals surface area contributed by atoms with Crippen LogP contribution in [0.25, 0.3) is 0 Å². The van der Waals surface area contributed by atoms with E-state index < -0.39 is 5.97 Å². The molecule has 0 aromatic heterocycles. The molecule has 0 spiro atoms. The average Bonchev–Trinajstić information content (AvgIpc) is 2.16. The lowest BCUT2D eigenvalue weighted by Crippen LogP contribution is -1.79. The number of carboxylic acid groups (broad SMARTS) is 1. The van der Waals surface area contributed by atoms with Crippen molar-refractivity contribution in [3.8, 4) is 0 Å². The Morgan fingerprint density at radius 3 is 1.69 bits per heavy atom. The largest absolute Gasteiger partial charge is 0.481 e. The third-order valence-electron chi connectivity index (χ3n) is 1.83. The fraction of sp³-hybridized carbons (Fsp3) is 0.900. The molecular formula is C10H20O2S. The van der Waals surface area contributed by atoms with Crippen LogP contribution in [0, 0.1) is 0 Å². The maximum Gasteiger partial charge on any atom is 0.300 e. The van der Waals surface area contributed by atoms with Gasteiger partial charge in [0.2, 0.25) is 0 Å². The Kier molecular flexibility index (Phi) is 9.77. The van der Waals surface area contributed by atoms with Crippen LogP contribution in [0.1, 0.15) is 45.4 Å². The Morgan fingerprint density at radius 1 is 1.00 bits per heavy atom. The highest BCUT2D eigenvalue weighted by molar-refractivity contribution is 7.99. The maximum absolute atomic E-state index is 9.00. The topological polar surface area (TPSA) is 37.3 Å². The lowest BCUT2D eigenvalue weighted by atomic mass is 10.1. The molecule has 0 aromatic rings. The van der Waals surface area contributed by atoms with E-state index in [1.807, 2.05) is 0 Å². The predicted octanol–water partition coefficient (Wildman–Crippen LogP) is 3.16. The van der Waals surface area contributed by atoms with Crippen molar-refractivity contribution in [1.29, 1.82) is 0 Å². The smallest absolute Gasteiger partial charge is 0.300 e. The van der Waals surface area contributed by atoms with Gasteiger partial charge in [0, 0.05) is 6.92 Å². The highest BCUT2D eigenvalue weighted by Gasteiger charge is 1.95. The Labute approximate surface area is 85.1 Å². The molecule has 0 amide bonds. The number of rotatable bonds is 0. The minimum absolute atomic E-state index is 0.833. The first-order valence-electron chi connectivity index (χ1n) is 5.01. The summed E-state index contributed by atoms with van der Waals surface area (Å²) >= 11 is 2.14. The third-order valence-corrected chi connectivity index (χ3v) is 2.98. The minimum Gasteiger partial charge on any atom is -0.481 e. The quantitative estimate of drug-likeness (QED) is 0.658. The van der Waals surface area contributed by atoms with Crippen LogP contribution in [0.2, 0.25) is 0 Å². The first kappa shape index (κ1) is 12.8. The molecule has 0 unspecified atom stereocenters. The summed E-state index contributed by atoms with van der Waals surface area (Å²) in [6.07, 6.45) is 8.86. The fourth-order valence-electron chi connectivity index (χ4n) is 1.22. The molecule has 1 aliphatic rings. The first-order valence-corrected chi connectivity index (χ1v) is 6.16. The Bertz CT molecular complexity index is 93.6. The molecule has 1 rings (SSSR count). The normalized spacial score (nSPS) is 18.5. The highest BCUT2D eigenvalue weighted by atomic mass is 32.2. The molecule has 1 N–H and O–H groups in total. The SMILES string of the molecule is C1CCCCSCCC1.CC(=O)O. The zero-order valence-corrected chi connectivity index (χ0v) is 9.24. The first-order chi connectivity index (χ1) is 6.23. The molecule has 1 saturated heterocycles. The Hall–Kier alpha value is -0.180. The molecule has 0 atom stereocenters. The van der Waals surface area contributed by atoms with Crippen molar-refractivity contribution in [3.05, 3.63) is 0 Å². The van der Waals surface area contributed by atoms with Gasteiger partial charge < -0.3 is 5.11 Å². The summed E-state index contributed by atoms with van der Waals surface area (Å²) in [4.78, 5) is 9.00. The van der Waals surface area contributed by atoms with Crippen LogP contribution < -0.4 is 0 Å². The van der Waals surface area contributed by atoms with E-state index in [0.717, 1.165) is 6.92 Å². The molecular weight excluding hydrogens is 184 g/mol. The summed E-state index contributed by atoms with van der Waals surface area (Å²) < 4.78 is 0. The van der Waals surface area contributed by atoms with E-state index in [1.165, 1.54) is 50.0 Å². The summed E-state index contributed by atoms with van der Waals surface area (Å²) in [6.45, 7) is 1.08. The summed E-state index contributed by atoms with van der Waals surface area (Å²) in [5.41, 5.74) is 0. The second-order valence-corrected chi connectivity index (χ2v) is 4.48. The van der Waals surface area contributed by atoms with Crippen molar-refractivity contribution >= 4 is 17.7 Å². The molecule has 78 valence electrons. The van der Waals surface area contributed by atoms with Crippen molar-refractivity contribution < 1.29 is 9.90 Å². The van der Waals surface area contributed by atoms with Gasteiger partial charge in [-0.25, -0.2) is 0 Å². The lowest BCUT2D eigenvalue weighted by molar-refractivity contribution is -0.134. The van der Waals surface area contributed by atoms with Crippen LogP contribution in [-0.2, 0) is 4.79 Å². The predicted molar refractivity (Wildman–Crippen MR) is 58.3 cm³/mol. The van der Waals surface area contributed by atoms with Gasteiger partial charge in [-0.2, -0.15) is 11.8 Å². The molecule has 13 heavy (non-hydrogen) atoms. The zero-order chi connectivity index (χ0) is 9.94. The minimum atomic E-state index is -0.833. The van der Waals surface area contributed by atoms with Crippen LogP contribution >= 0.6 is 11.8 Å². The molecule has 3 heteroatoms. The van der Waals surface area contributed by atoms with Crippen LogP contribution in [0.5, 0.6) is 0 Å². The summed E-state index contributed by atoms with van der Waals surface area (Å²) in [5.74, 6) is 2.00. The van der Waals surface area contributed by atoms with Crippen molar-refractivity contribution in [3.63, 3.8) is 0 Å². The van der Waals surface area contributed by atoms with Gasteiger partial charge in [-0.3, -0.25) is 4.79 Å². The van der Waals surface area contributed by atoms with Crippen LogP contribution in [0.3, 0.4) is 0 Å². The van der Waals surface area contributed by atoms with Crippen LogP contribution in [0.4, 0.5) is 0 Å². The molecule has 1 heterocycles. The number of hydrogen-bond acceptors (Lipinski definition) is 2. The number of aliphatic carboxylic acids is 1. The van der Waals surface area contributed by atoms with Crippen molar-refractivity contribution in [2.45, 2.75) is 45.4 Å². The van der Waals surface area contributed by atoms with E-state index in [4.69, 9.17) is 9.90 Å². The van der Waals surface area contributed by atoms with Gasteiger partial charge in [-0.1, -0.05) is 25.7 Å². The third kappa shape index (κ3) is 14.7. The van der Waals surface area contributed by atoms with E-state index in [1.54, 1.807) is 0 Å². The summed E-state index contributed by atoms with van der Waals surface area (Å²) in [7, 11) is 0. The number of carbonyl (C=O) groups is 1. The molecule has 1 aliphatic heterocycles. The Morgan fingerprint density at radius 2 is 1.31 bits per heavy atom. The van der Waals surface area contributed by atoms with Crippen molar-refractivity contribution in [1.82, 2.24) is 0 Å². The van der Waals surface area contributed by atoms with Gasteiger partial charge in [0.05, 0.1) is 0 Å². The van der Waals surface area contributed by atoms with Gasteiger partial charge in [-0.05, 0) is 24.3 Å². The van der Waals surface area contributed by atoms with Gasteiger partial charge in [-0.15, -0.1) is 0 Å². The second-order valence-electron chi connectivity index (χ2n) is 3.25. The molecule has 0 radical (unpaired) electrons. The van der Waals surface area contributed by atoms with Crippen molar-refractivity contribution in [2.75, 3.05) is 11.5 Å². The second kappa shape index (κ2) is 9.90. The monoisotopic (exact) mass is 204 g/mol. The Balaban J connectivity index is 0.000000310. The van der Waals surface area contributed by atoms with Crippen LogP contribution in [0.15, 0.2) is 0 Å². The zero-order valence-electron chi connectivity index (χ0n) is 8.42. The van der Waals surface area contributed by atoms with Gasteiger partial charge in [0.15, 0.2) is 0 Å². The standard InChI is InChI=1S/C8H16S.C2H4O2/c1-2-4-6-8-9-7-5-3-1;1-2(3)4/h1-8H2;1H3,(H,3,4). The van der Waals surface area contributed by atoms with E-state index in [9.17, 15) is 0 Å². The average molecular weight is 204 g/mol. The van der Waals surface area contributed by atoms with Crippen molar-refractivity contribution in [2.24, 2.45) is 0 Å². The molecule has 0 aromatic carbocycles. The van der Waals surface area contributed by atoms with E-state index in [0.29, 0.717) is 0 Å². The number of thioether (sulfide) groups is 1. The van der Waals surface area contributed by atoms with E-state index in [2.05, 4.69) is 11.8 Å². The number of hydrogen-bond donors (Lipinski definition) is 1. The van der Waals surface area contributed by atoms with Gasteiger partial charge in [0.1, 0.15) is 0 Å². The fourth-order valence-corrected chi connectivity index (χ4v) is 2.24. The van der Waals surface area contributed by atoms with Gasteiger partial charge >= 0.3 is 0 Å². The van der Waals surface area contributed by atoms with Crippen LogP contribution in [-0.4, -0.2) is 22.6 Å².